The van der Waals surface area contributed by atoms with Gasteiger partial charge < -0.3 is 19.6 Å². The molecule has 1 atom stereocenters. The summed E-state index contributed by atoms with van der Waals surface area (Å²) in [6.45, 7) is 5.42. The number of nitrogens with two attached hydrogens (primary N) is 1. The van der Waals surface area contributed by atoms with Gasteiger partial charge in [-0.05, 0) is 19.9 Å². The van der Waals surface area contributed by atoms with Crippen molar-refractivity contribution in [2.24, 2.45) is 5.73 Å². The summed E-state index contributed by atoms with van der Waals surface area (Å²) in [7, 11) is 1.66. The summed E-state index contributed by atoms with van der Waals surface area (Å²) in [5.74, 6) is 1.69. The van der Waals surface area contributed by atoms with E-state index in [2.05, 4.69) is 0 Å². The molecule has 0 fully saturated rings. The predicted octanol–water partition coefficient (Wildman–Crippen LogP) is 1.60. The molecule has 1 aromatic heterocycles. The maximum Gasteiger partial charge on any atom is 0.130 e. The van der Waals surface area contributed by atoms with Gasteiger partial charge in [0, 0.05) is 19.2 Å². The molecule has 2 N–H and O–H groups in total. The molecule has 0 aliphatic heterocycles. The standard InChI is InChI=1S/C11H19NO3/c1-8(6-13-3)14-7-11-4-10(5-12)9(2)15-11/h4,8H,5-7,12H2,1-3H3. The van der Waals surface area contributed by atoms with E-state index in [4.69, 9.17) is 19.6 Å². The van der Waals surface area contributed by atoms with Crippen LogP contribution in [0.15, 0.2) is 10.5 Å². The quantitative estimate of drug-likeness (QED) is 0.779. The van der Waals surface area contributed by atoms with Crippen LogP contribution in [0.3, 0.4) is 0 Å². The molecular formula is C11H19NO3. The van der Waals surface area contributed by atoms with Crippen LogP contribution >= 0.6 is 0 Å². The van der Waals surface area contributed by atoms with E-state index in [1.165, 1.54) is 0 Å². The van der Waals surface area contributed by atoms with Crippen molar-refractivity contribution in [3.8, 4) is 0 Å². The number of rotatable bonds is 6. The average Bonchev–Trinajstić information content (AvgIpc) is 2.56. The summed E-state index contributed by atoms with van der Waals surface area (Å²) in [4.78, 5) is 0. The highest BCUT2D eigenvalue weighted by molar-refractivity contribution is 5.19. The second-order valence-electron chi connectivity index (χ2n) is 3.58. The number of hydrogen-bond acceptors (Lipinski definition) is 4. The minimum atomic E-state index is 0.0710. The molecule has 4 heteroatoms. The zero-order valence-electron chi connectivity index (χ0n) is 9.58. The van der Waals surface area contributed by atoms with Crippen molar-refractivity contribution in [1.82, 2.24) is 0 Å². The molecule has 0 aliphatic rings. The van der Waals surface area contributed by atoms with Gasteiger partial charge in [0.1, 0.15) is 18.1 Å². The molecule has 1 heterocycles. The second-order valence-corrected chi connectivity index (χ2v) is 3.58. The summed E-state index contributed by atoms with van der Waals surface area (Å²) >= 11 is 0. The van der Waals surface area contributed by atoms with Gasteiger partial charge in [0.05, 0.1) is 12.7 Å². The molecule has 0 amide bonds. The van der Waals surface area contributed by atoms with Gasteiger partial charge in [-0.2, -0.15) is 0 Å². The maximum absolute atomic E-state index is 5.55. The molecule has 15 heavy (non-hydrogen) atoms. The Labute approximate surface area is 90.3 Å². The van der Waals surface area contributed by atoms with Crippen LogP contribution < -0.4 is 5.73 Å². The Bertz CT molecular complexity index is 296. The summed E-state index contributed by atoms with van der Waals surface area (Å²) in [6.07, 6.45) is 0.0710. The fraction of sp³-hybridized carbons (Fsp3) is 0.636. The van der Waals surface area contributed by atoms with Crippen LogP contribution in [0.5, 0.6) is 0 Å². The topological polar surface area (TPSA) is 57.6 Å². The van der Waals surface area contributed by atoms with Gasteiger partial charge in [-0.25, -0.2) is 0 Å². The van der Waals surface area contributed by atoms with Crippen molar-refractivity contribution in [3.63, 3.8) is 0 Å². The van der Waals surface area contributed by atoms with Gasteiger partial charge in [0.15, 0.2) is 0 Å². The lowest BCUT2D eigenvalue weighted by atomic mass is 10.2. The number of furan rings is 1. The first-order valence-electron chi connectivity index (χ1n) is 5.06. The Morgan fingerprint density at radius 2 is 2.27 bits per heavy atom. The van der Waals surface area contributed by atoms with Crippen LogP contribution in [0.2, 0.25) is 0 Å². The van der Waals surface area contributed by atoms with Crippen molar-refractivity contribution >= 4 is 0 Å². The Balaban J connectivity index is 2.43. The number of hydrogen-bond donors (Lipinski definition) is 1. The van der Waals surface area contributed by atoms with E-state index in [9.17, 15) is 0 Å². The lowest BCUT2D eigenvalue weighted by Crippen LogP contribution is -2.14. The Kier molecular flexibility index (Phi) is 4.81. The van der Waals surface area contributed by atoms with Crippen LogP contribution in [-0.2, 0) is 22.6 Å². The van der Waals surface area contributed by atoms with Crippen LogP contribution in [0.25, 0.3) is 0 Å². The molecule has 0 aliphatic carbocycles. The molecule has 0 spiro atoms. The van der Waals surface area contributed by atoms with Crippen LogP contribution in [0.4, 0.5) is 0 Å². The molecule has 4 nitrogen and oxygen atoms in total. The Hall–Kier alpha value is -0.840. The van der Waals surface area contributed by atoms with Crippen molar-refractivity contribution < 1.29 is 13.9 Å². The SMILES string of the molecule is COCC(C)OCc1cc(CN)c(C)o1. The van der Waals surface area contributed by atoms with Gasteiger partial charge >= 0.3 is 0 Å². The molecule has 1 unspecified atom stereocenters. The zero-order chi connectivity index (χ0) is 11.3. The van der Waals surface area contributed by atoms with E-state index < -0.39 is 0 Å². The molecule has 0 radical (unpaired) electrons. The van der Waals surface area contributed by atoms with Crippen LogP contribution in [0.1, 0.15) is 24.0 Å². The largest absolute Gasteiger partial charge is 0.464 e. The van der Waals surface area contributed by atoms with Gasteiger partial charge in [-0.1, -0.05) is 0 Å². The Morgan fingerprint density at radius 1 is 1.53 bits per heavy atom. The molecular weight excluding hydrogens is 194 g/mol. The summed E-state index contributed by atoms with van der Waals surface area (Å²) in [5, 5.41) is 0. The lowest BCUT2D eigenvalue weighted by Gasteiger charge is -2.09. The highest BCUT2D eigenvalue weighted by Gasteiger charge is 2.08. The lowest BCUT2D eigenvalue weighted by molar-refractivity contribution is -0.00654. The summed E-state index contributed by atoms with van der Waals surface area (Å²) in [5.41, 5.74) is 6.58. The Morgan fingerprint density at radius 3 is 2.80 bits per heavy atom. The van der Waals surface area contributed by atoms with Crippen molar-refractivity contribution in [1.29, 1.82) is 0 Å². The predicted molar refractivity (Wildman–Crippen MR) is 57.5 cm³/mol. The molecule has 1 aromatic rings. The number of methoxy groups -OCH3 is 1. The van der Waals surface area contributed by atoms with E-state index in [1.807, 2.05) is 19.9 Å². The summed E-state index contributed by atoms with van der Waals surface area (Å²) < 4.78 is 16.0. The van der Waals surface area contributed by atoms with Gasteiger partial charge in [0.2, 0.25) is 0 Å². The highest BCUT2D eigenvalue weighted by atomic mass is 16.5. The molecule has 0 aromatic carbocycles. The minimum Gasteiger partial charge on any atom is -0.464 e. The summed E-state index contributed by atoms with van der Waals surface area (Å²) in [6, 6.07) is 1.94. The fourth-order valence-electron chi connectivity index (χ4n) is 1.37. The smallest absolute Gasteiger partial charge is 0.130 e. The minimum absolute atomic E-state index is 0.0710. The third-order valence-electron chi connectivity index (χ3n) is 2.20. The van der Waals surface area contributed by atoms with Crippen molar-refractivity contribution in [2.75, 3.05) is 13.7 Å². The first kappa shape index (κ1) is 12.2. The van der Waals surface area contributed by atoms with E-state index in [0.29, 0.717) is 19.8 Å². The van der Waals surface area contributed by atoms with E-state index in [-0.39, 0.29) is 6.10 Å². The first-order chi connectivity index (χ1) is 7.17. The third-order valence-corrected chi connectivity index (χ3v) is 2.20. The third kappa shape index (κ3) is 3.66. The van der Waals surface area contributed by atoms with E-state index in [0.717, 1.165) is 17.1 Å². The van der Waals surface area contributed by atoms with E-state index in [1.54, 1.807) is 7.11 Å². The molecule has 1 rings (SSSR count). The highest BCUT2D eigenvalue weighted by Crippen LogP contribution is 2.15. The van der Waals surface area contributed by atoms with Gasteiger partial charge in [-0.3, -0.25) is 0 Å². The molecule has 86 valence electrons. The number of ether oxygens (including phenoxy) is 2. The van der Waals surface area contributed by atoms with E-state index >= 15 is 0 Å². The molecule has 0 bridgehead atoms. The normalized spacial score (nSPS) is 13.1. The monoisotopic (exact) mass is 213 g/mol. The average molecular weight is 213 g/mol. The van der Waals surface area contributed by atoms with Crippen molar-refractivity contribution in [3.05, 3.63) is 23.2 Å². The maximum atomic E-state index is 5.55. The van der Waals surface area contributed by atoms with Crippen LogP contribution in [-0.4, -0.2) is 19.8 Å². The van der Waals surface area contributed by atoms with Gasteiger partial charge in [-0.15, -0.1) is 0 Å². The number of aryl methyl sites for hydroxylation is 1. The second kappa shape index (κ2) is 5.90. The fourth-order valence-corrected chi connectivity index (χ4v) is 1.37. The first-order valence-corrected chi connectivity index (χ1v) is 5.06. The van der Waals surface area contributed by atoms with Crippen LogP contribution in [0, 0.1) is 6.92 Å². The van der Waals surface area contributed by atoms with Crippen molar-refractivity contribution in [2.45, 2.75) is 33.1 Å². The van der Waals surface area contributed by atoms with Gasteiger partial charge in [0.25, 0.3) is 0 Å². The molecule has 0 saturated heterocycles. The zero-order valence-corrected chi connectivity index (χ0v) is 9.58. The molecule has 0 saturated carbocycles.